The second-order valence-corrected chi connectivity index (χ2v) is 3.76. The molecule has 1 aliphatic heterocycles. The Morgan fingerprint density at radius 2 is 2.36 bits per heavy atom. The number of aromatic amines is 1. The molecular weight excluding hydrogens is 204 g/mol. The third-order valence-corrected chi connectivity index (χ3v) is 2.49. The summed E-state index contributed by atoms with van der Waals surface area (Å²) in [7, 11) is 0. The molecule has 0 saturated heterocycles. The molecule has 1 aliphatic rings. The quantitative estimate of drug-likeness (QED) is 0.678. The van der Waals surface area contributed by atoms with Gasteiger partial charge in [0.2, 0.25) is 0 Å². The Labute approximate surface area is 74.5 Å². The molecule has 0 spiro atoms. The predicted octanol–water partition coefficient (Wildman–Crippen LogP) is 1.81. The van der Waals surface area contributed by atoms with E-state index in [0.717, 1.165) is 17.7 Å². The minimum absolute atomic E-state index is 0.987. The Kier molecular flexibility index (Phi) is 2.00. The maximum atomic E-state index is 3.43. The van der Waals surface area contributed by atoms with E-state index in [4.69, 9.17) is 0 Å². The van der Waals surface area contributed by atoms with E-state index in [1.807, 2.05) is 0 Å². The smallest absolute Gasteiger partial charge is 0.0825 e. The predicted molar refractivity (Wildman–Crippen MR) is 48.5 cm³/mol. The van der Waals surface area contributed by atoms with Gasteiger partial charge in [-0.25, -0.2) is 0 Å². The SMILES string of the molecule is Brc1cc2c([nH]1)CNCCC2. The number of H-pyrrole nitrogens is 1. The van der Waals surface area contributed by atoms with Gasteiger partial charge in [-0.2, -0.15) is 0 Å². The first-order valence-corrected chi connectivity index (χ1v) is 4.72. The van der Waals surface area contributed by atoms with Crippen LogP contribution in [0.25, 0.3) is 0 Å². The summed E-state index contributed by atoms with van der Waals surface area (Å²) >= 11 is 3.43. The van der Waals surface area contributed by atoms with Crippen molar-refractivity contribution in [3.05, 3.63) is 21.9 Å². The molecule has 0 unspecified atom stereocenters. The van der Waals surface area contributed by atoms with Crippen molar-refractivity contribution in [2.75, 3.05) is 6.54 Å². The van der Waals surface area contributed by atoms with E-state index in [1.54, 1.807) is 0 Å². The normalized spacial score (nSPS) is 17.5. The van der Waals surface area contributed by atoms with Gasteiger partial charge in [0.15, 0.2) is 0 Å². The second kappa shape index (κ2) is 2.99. The van der Waals surface area contributed by atoms with Crippen molar-refractivity contribution in [1.29, 1.82) is 0 Å². The molecule has 0 amide bonds. The summed E-state index contributed by atoms with van der Waals surface area (Å²) in [5.74, 6) is 0. The summed E-state index contributed by atoms with van der Waals surface area (Å²) in [6.45, 7) is 2.13. The van der Waals surface area contributed by atoms with Crippen LogP contribution in [0.3, 0.4) is 0 Å². The average molecular weight is 215 g/mol. The highest BCUT2D eigenvalue weighted by Crippen LogP contribution is 2.18. The molecule has 11 heavy (non-hydrogen) atoms. The van der Waals surface area contributed by atoms with Crippen LogP contribution in [0, 0.1) is 0 Å². The van der Waals surface area contributed by atoms with Gasteiger partial charge in [-0.05, 0) is 46.9 Å². The van der Waals surface area contributed by atoms with Gasteiger partial charge in [0, 0.05) is 12.2 Å². The van der Waals surface area contributed by atoms with Crippen LogP contribution in [0.5, 0.6) is 0 Å². The zero-order chi connectivity index (χ0) is 7.68. The lowest BCUT2D eigenvalue weighted by Crippen LogP contribution is -2.12. The number of halogens is 1. The minimum atomic E-state index is 0.987. The fourth-order valence-corrected chi connectivity index (χ4v) is 2.01. The molecule has 0 fully saturated rings. The minimum Gasteiger partial charge on any atom is -0.352 e. The van der Waals surface area contributed by atoms with E-state index in [1.165, 1.54) is 24.1 Å². The maximum absolute atomic E-state index is 3.43. The number of nitrogens with one attached hydrogen (secondary N) is 2. The van der Waals surface area contributed by atoms with Crippen molar-refractivity contribution in [3.8, 4) is 0 Å². The Hall–Kier alpha value is -0.280. The van der Waals surface area contributed by atoms with Crippen LogP contribution in [0.1, 0.15) is 17.7 Å². The molecule has 1 aromatic heterocycles. The van der Waals surface area contributed by atoms with Gasteiger partial charge in [-0.15, -0.1) is 0 Å². The number of hydrogen-bond acceptors (Lipinski definition) is 1. The van der Waals surface area contributed by atoms with Gasteiger partial charge >= 0.3 is 0 Å². The third-order valence-electron chi connectivity index (χ3n) is 2.06. The topological polar surface area (TPSA) is 27.8 Å². The fourth-order valence-electron chi connectivity index (χ4n) is 1.50. The van der Waals surface area contributed by atoms with E-state index in [-0.39, 0.29) is 0 Å². The molecule has 0 saturated carbocycles. The zero-order valence-corrected chi connectivity index (χ0v) is 7.87. The number of aryl methyl sites for hydroxylation is 1. The van der Waals surface area contributed by atoms with Gasteiger partial charge in [-0.1, -0.05) is 0 Å². The molecule has 0 atom stereocenters. The van der Waals surface area contributed by atoms with E-state index in [0.29, 0.717) is 0 Å². The summed E-state index contributed by atoms with van der Waals surface area (Å²) in [4.78, 5) is 3.29. The highest BCUT2D eigenvalue weighted by atomic mass is 79.9. The summed E-state index contributed by atoms with van der Waals surface area (Å²) in [5, 5.41) is 3.36. The van der Waals surface area contributed by atoms with E-state index in [2.05, 4.69) is 32.3 Å². The third kappa shape index (κ3) is 1.49. The number of aromatic nitrogens is 1. The molecule has 2 N–H and O–H groups in total. The number of rotatable bonds is 0. The summed E-state index contributed by atoms with van der Waals surface area (Å²) < 4.78 is 1.10. The molecule has 2 rings (SSSR count). The van der Waals surface area contributed by atoms with Crippen molar-refractivity contribution in [1.82, 2.24) is 10.3 Å². The zero-order valence-electron chi connectivity index (χ0n) is 6.28. The van der Waals surface area contributed by atoms with Crippen LogP contribution in [0.15, 0.2) is 10.7 Å². The van der Waals surface area contributed by atoms with E-state index < -0.39 is 0 Å². The van der Waals surface area contributed by atoms with Crippen LogP contribution in [0.2, 0.25) is 0 Å². The first kappa shape index (κ1) is 7.37. The largest absolute Gasteiger partial charge is 0.352 e. The van der Waals surface area contributed by atoms with Crippen LogP contribution < -0.4 is 5.32 Å². The molecule has 0 aliphatic carbocycles. The van der Waals surface area contributed by atoms with Crippen molar-refractivity contribution in [2.45, 2.75) is 19.4 Å². The van der Waals surface area contributed by atoms with Gasteiger partial charge in [-0.3, -0.25) is 0 Å². The Morgan fingerprint density at radius 3 is 3.27 bits per heavy atom. The monoisotopic (exact) mass is 214 g/mol. The van der Waals surface area contributed by atoms with Crippen molar-refractivity contribution in [3.63, 3.8) is 0 Å². The summed E-state index contributed by atoms with van der Waals surface area (Å²) in [6, 6.07) is 2.18. The van der Waals surface area contributed by atoms with Crippen molar-refractivity contribution >= 4 is 15.9 Å². The second-order valence-electron chi connectivity index (χ2n) is 2.90. The molecule has 0 aromatic carbocycles. The van der Waals surface area contributed by atoms with Crippen LogP contribution >= 0.6 is 15.9 Å². The van der Waals surface area contributed by atoms with Gasteiger partial charge < -0.3 is 10.3 Å². The lowest BCUT2D eigenvalue weighted by Gasteiger charge is -1.96. The molecule has 0 bridgehead atoms. The molecule has 0 radical (unpaired) electrons. The number of fused-ring (bicyclic) bond motifs is 1. The Bertz CT molecular complexity index is 231. The highest BCUT2D eigenvalue weighted by molar-refractivity contribution is 9.10. The van der Waals surface area contributed by atoms with E-state index >= 15 is 0 Å². The molecule has 1 aromatic rings. The van der Waals surface area contributed by atoms with Gasteiger partial charge in [0.05, 0.1) is 4.60 Å². The van der Waals surface area contributed by atoms with E-state index in [9.17, 15) is 0 Å². The Balaban J connectivity index is 2.32. The molecular formula is C8H11BrN2. The summed E-state index contributed by atoms with van der Waals surface area (Å²) in [6.07, 6.45) is 2.45. The van der Waals surface area contributed by atoms with Gasteiger partial charge in [0.1, 0.15) is 0 Å². The lowest BCUT2D eigenvalue weighted by molar-refractivity contribution is 0.673. The fraction of sp³-hybridized carbons (Fsp3) is 0.500. The van der Waals surface area contributed by atoms with Gasteiger partial charge in [0.25, 0.3) is 0 Å². The molecule has 2 nitrogen and oxygen atoms in total. The van der Waals surface area contributed by atoms with Crippen LogP contribution in [-0.4, -0.2) is 11.5 Å². The van der Waals surface area contributed by atoms with Crippen LogP contribution in [-0.2, 0) is 13.0 Å². The maximum Gasteiger partial charge on any atom is 0.0825 e. The molecule has 60 valence electrons. The average Bonchev–Trinajstić information content (AvgIpc) is 2.17. The molecule has 3 heteroatoms. The van der Waals surface area contributed by atoms with Crippen molar-refractivity contribution < 1.29 is 0 Å². The van der Waals surface area contributed by atoms with Crippen molar-refractivity contribution in [2.24, 2.45) is 0 Å². The number of hydrogen-bond donors (Lipinski definition) is 2. The summed E-state index contributed by atoms with van der Waals surface area (Å²) in [5.41, 5.74) is 2.80. The molecule has 2 heterocycles. The highest BCUT2D eigenvalue weighted by Gasteiger charge is 2.08. The first-order valence-electron chi connectivity index (χ1n) is 3.93. The first-order chi connectivity index (χ1) is 5.36. The Morgan fingerprint density at radius 1 is 1.45 bits per heavy atom. The van der Waals surface area contributed by atoms with Crippen LogP contribution in [0.4, 0.5) is 0 Å². The standard InChI is InChI=1S/C8H11BrN2/c9-8-4-6-2-1-3-10-5-7(6)11-8/h4,10-11H,1-3,5H2. The lowest BCUT2D eigenvalue weighted by atomic mass is 10.1.